The summed E-state index contributed by atoms with van der Waals surface area (Å²) in [6.45, 7) is 5.06. The first-order chi connectivity index (χ1) is 15.5. The molecule has 32 heavy (non-hydrogen) atoms. The lowest BCUT2D eigenvalue weighted by molar-refractivity contribution is 0.101. The Balaban J connectivity index is 1.31. The maximum Gasteiger partial charge on any atom is 0.277 e. The van der Waals surface area contributed by atoms with Crippen molar-refractivity contribution in [2.45, 2.75) is 33.0 Å². The Hall–Kier alpha value is -3.58. The number of anilines is 1. The van der Waals surface area contributed by atoms with E-state index in [1.807, 2.05) is 48.5 Å². The fourth-order valence-electron chi connectivity index (χ4n) is 3.16. The predicted molar refractivity (Wildman–Crippen MR) is 124 cm³/mol. The van der Waals surface area contributed by atoms with Crippen LogP contribution in [0.5, 0.6) is 5.75 Å². The van der Waals surface area contributed by atoms with Gasteiger partial charge in [-0.2, -0.15) is 10.2 Å². The number of halogens is 1. The number of nitrogens with zero attached hydrogens (tertiary/aromatic N) is 4. The number of hydrogen-bond donors (Lipinski definition) is 1. The van der Waals surface area contributed by atoms with Crippen molar-refractivity contribution in [1.29, 1.82) is 0 Å². The Labute approximate surface area is 191 Å². The van der Waals surface area contributed by atoms with Crippen LogP contribution in [0, 0.1) is 0 Å². The third kappa shape index (κ3) is 5.56. The Bertz CT molecular complexity index is 1200. The molecule has 7 nitrogen and oxygen atoms in total. The van der Waals surface area contributed by atoms with Crippen molar-refractivity contribution in [1.82, 2.24) is 19.6 Å². The number of amides is 1. The molecule has 2 heterocycles. The number of benzene rings is 2. The average Bonchev–Trinajstić information content (AvgIpc) is 3.42. The van der Waals surface area contributed by atoms with Crippen LogP contribution < -0.4 is 10.1 Å². The van der Waals surface area contributed by atoms with E-state index in [-0.39, 0.29) is 18.3 Å². The maximum atomic E-state index is 12.5. The second-order valence-corrected chi connectivity index (χ2v) is 8.16. The number of ether oxygens (including phenoxy) is 1. The predicted octanol–water partition coefficient (Wildman–Crippen LogP) is 5.19. The van der Waals surface area contributed by atoms with Gasteiger partial charge in [-0.05, 0) is 47.4 Å². The Morgan fingerprint density at radius 1 is 1.03 bits per heavy atom. The molecule has 0 spiro atoms. The summed E-state index contributed by atoms with van der Waals surface area (Å²) >= 11 is 6.03. The second-order valence-electron chi connectivity index (χ2n) is 7.72. The molecular formula is C24H24ClN5O2. The number of nitrogens with one attached hydrogen (secondary N) is 1. The summed E-state index contributed by atoms with van der Waals surface area (Å²) in [5.41, 5.74) is 2.56. The van der Waals surface area contributed by atoms with Gasteiger partial charge in [-0.3, -0.25) is 9.48 Å². The highest BCUT2D eigenvalue weighted by Gasteiger charge is 2.12. The summed E-state index contributed by atoms with van der Waals surface area (Å²) in [6.07, 6.45) is 3.50. The molecule has 0 aliphatic carbocycles. The molecule has 2 aromatic carbocycles. The zero-order valence-electron chi connectivity index (χ0n) is 17.9. The highest BCUT2D eigenvalue weighted by molar-refractivity contribution is 6.30. The molecule has 1 N–H and O–H groups in total. The fourth-order valence-corrected chi connectivity index (χ4v) is 3.38. The number of hydrogen-bond acceptors (Lipinski definition) is 4. The van der Waals surface area contributed by atoms with Crippen LogP contribution in [0.1, 0.15) is 41.4 Å². The molecule has 8 heteroatoms. The molecule has 0 aliphatic heterocycles. The molecule has 2 aromatic heterocycles. The Morgan fingerprint density at radius 2 is 1.81 bits per heavy atom. The van der Waals surface area contributed by atoms with E-state index in [1.54, 1.807) is 33.9 Å². The van der Waals surface area contributed by atoms with Crippen LogP contribution in [0.15, 0.2) is 73.1 Å². The van der Waals surface area contributed by atoms with E-state index in [1.165, 1.54) is 5.56 Å². The number of carbonyl (C=O) groups excluding carboxylic acids is 1. The van der Waals surface area contributed by atoms with Gasteiger partial charge in [0.1, 0.15) is 5.75 Å². The minimum absolute atomic E-state index is 0.211. The van der Waals surface area contributed by atoms with Crippen molar-refractivity contribution >= 4 is 23.3 Å². The fraction of sp³-hybridized carbons (Fsp3) is 0.208. The highest BCUT2D eigenvalue weighted by atomic mass is 35.5. The maximum absolute atomic E-state index is 12.5. The van der Waals surface area contributed by atoms with Gasteiger partial charge in [-0.15, -0.1) is 0 Å². The highest BCUT2D eigenvalue weighted by Crippen LogP contribution is 2.19. The summed E-state index contributed by atoms with van der Waals surface area (Å²) in [6, 6.07) is 18.9. The minimum Gasteiger partial charge on any atom is -0.471 e. The monoisotopic (exact) mass is 449 g/mol. The molecule has 0 bridgehead atoms. The van der Waals surface area contributed by atoms with E-state index in [2.05, 4.69) is 29.4 Å². The molecule has 0 atom stereocenters. The molecular weight excluding hydrogens is 426 g/mol. The van der Waals surface area contributed by atoms with Gasteiger partial charge >= 0.3 is 0 Å². The molecule has 0 fully saturated rings. The van der Waals surface area contributed by atoms with Crippen LogP contribution in [0.25, 0.3) is 0 Å². The van der Waals surface area contributed by atoms with Crippen LogP contribution in [0.4, 0.5) is 5.82 Å². The third-order valence-corrected chi connectivity index (χ3v) is 5.13. The van der Waals surface area contributed by atoms with Crippen molar-refractivity contribution in [2.75, 3.05) is 5.32 Å². The first kappa shape index (κ1) is 21.6. The van der Waals surface area contributed by atoms with Crippen LogP contribution in [0.2, 0.25) is 5.02 Å². The van der Waals surface area contributed by atoms with Gasteiger partial charge < -0.3 is 10.1 Å². The quantitative estimate of drug-likeness (QED) is 0.401. The van der Waals surface area contributed by atoms with Crippen molar-refractivity contribution in [3.8, 4) is 5.75 Å². The molecule has 0 unspecified atom stereocenters. The summed E-state index contributed by atoms with van der Waals surface area (Å²) in [4.78, 5) is 12.5. The largest absolute Gasteiger partial charge is 0.471 e. The molecule has 1 amide bonds. The van der Waals surface area contributed by atoms with E-state index in [4.69, 9.17) is 16.3 Å². The van der Waals surface area contributed by atoms with Crippen LogP contribution >= 0.6 is 11.6 Å². The van der Waals surface area contributed by atoms with Crippen LogP contribution in [0.3, 0.4) is 0 Å². The summed E-state index contributed by atoms with van der Waals surface area (Å²) in [5.74, 6) is 1.34. The number of carbonyl (C=O) groups is 1. The smallest absolute Gasteiger partial charge is 0.277 e. The van der Waals surface area contributed by atoms with Crippen molar-refractivity contribution in [3.63, 3.8) is 0 Å². The lowest BCUT2D eigenvalue weighted by Crippen LogP contribution is -2.15. The third-order valence-electron chi connectivity index (χ3n) is 4.90. The Kier molecular flexibility index (Phi) is 6.56. The molecule has 0 radical (unpaired) electrons. The van der Waals surface area contributed by atoms with E-state index < -0.39 is 0 Å². The van der Waals surface area contributed by atoms with Gasteiger partial charge in [-0.1, -0.05) is 49.7 Å². The molecule has 4 rings (SSSR count). The van der Waals surface area contributed by atoms with Crippen LogP contribution in [-0.2, 0) is 13.3 Å². The Morgan fingerprint density at radius 3 is 2.56 bits per heavy atom. The van der Waals surface area contributed by atoms with Crippen molar-refractivity contribution in [3.05, 3.63) is 94.9 Å². The summed E-state index contributed by atoms with van der Waals surface area (Å²) in [5, 5.41) is 12.1. The van der Waals surface area contributed by atoms with Gasteiger partial charge in [-0.25, -0.2) is 4.68 Å². The normalized spacial score (nSPS) is 11.0. The molecule has 0 saturated carbocycles. The standard InChI is InChI=1S/C24H24ClN5O2/c1-17(2)19-6-8-21(9-7-19)32-16-30-12-10-22(27-30)24(31)26-23-11-13-29(28-23)15-18-4-3-5-20(25)14-18/h3-14,17H,15-16H2,1-2H3,(H,26,28,31). The van der Waals surface area contributed by atoms with Gasteiger partial charge in [0.25, 0.3) is 5.91 Å². The summed E-state index contributed by atoms with van der Waals surface area (Å²) in [7, 11) is 0. The minimum atomic E-state index is -0.335. The molecule has 4 aromatic rings. The van der Waals surface area contributed by atoms with E-state index in [0.717, 1.165) is 11.3 Å². The first-order valence-electron chi connectivity index (χ1n) is 10.3. The topological polar surface area (TPSA) is 74.0 Å². The number of rotatable bonds is 8. The molecule has 164 valence electrons. The van der Waals surface area contributed by atoms with E-state index >= 15 is 0 Å². The summed E-state index contributed by atoms with van der Waals surface area (Å²) < 4.78 is 9.06. The van der Waals surface area contributed by atoms with Gasteiger partial charge in [0.05, 0.1) is 6.54 Å². The second kappa shape index (κ2) is 9.70. The van der Waals surface area contributed by atoms with Crippen molar-refractivity contribution < 1.29 is 9.53 Å². The van der Waals surface area contributed by atoms with E-state index in [0.29, 0.717) is 23.3 Å². The first-order valence-corrected chi connectivity index (χ1v) is 10.7. The van der Waals surface area contributed by atoms with Gasteiger partial charge in [0, 0.05) is 23.5 Å². The van der Waals surface area contributed by atoms with Crippen LogP contribution in [-0.4, -0.2) is 25.5 Å². The SMILES string of the molecule is CC(C)c1ccc(OCn2ccc(C(=O)Nc3ccn(Cc4cccc(Cl)c4)n3)n2)cc1. The number of aromatic nitrogens is 4. The van der Waals surface area contributed by atoms with Gasteiger partial charge in [0.15, 0.2) is 18.2 Å². The molecule has 0 aliphatic rings. The average molecular weight is 450 g/mol. The molecule has 0 saturated heterocycles. The zero-order valence-corrected chi connectivity index (χ0v) is 18.7. The van der Waals surface area contributed by atoms with Gasteiger partial charge in [0.2, 0.25) is 0 Å². The van der Waals surface area contributed by atoms with E-state index in [9.17, 15) is 4.79 Å². The lowest BCUT2D eigenvalue weighted by Gasteiger charge is -2.09. The zero-order chi connectivity index (χ0) is 22.5. The lowest BCUT2D eigenvalue weighted by atomic mass is 10.0. The van der Waals surface area contributed by atoms with Crippen molar-refractivity contribution in [2.24, 2.45) is 0 Å².